The van der Waals surface area contributed by atoms with Crippen molar-refractivity contribution in [1.82, 2.24) is 9.55 Å². The monoisotopic (exact) mass is 210 g/mol. The summed E-state index contributed by atoms with van der Waals surface area (Å²) in [7, 11) is 0. The predicted octanol–water partition coefficient (Wildman–Crippen LogP) is 1.36. The molecule has 0 amide bonds. The van der Waals surface area contributed by atoms with Gasteiger partial charge in [0.15, 0.2) is 0 Å². The maximum Gasteiger partial charge on any atom is 0.139 e. The molecule has 1 aromatic rings. The zero-order valence-corrected chi connectivity index (χ0v) is 9.06. The van der Waals surface area contributed by atoms with Crippen LogP contribution in [0.3, 0.4) is 0 Å². The summed E-state index contributed by atoms with van der Waals surface area (Å²) in [5.41, 5.74) is 5.38. The third-order valence-corrected chi connectivity index (χ3v) is 2.24. The molecule has 3 N–H and O–H groups in total. The minimum absolute atomic E-state index is 0.284. The molecule has 0 spiro atoms. The first kappa shape index (κ1) is 11.6. The number of hydrogen-bond acceptors (Lipinski definition) is 3. The standard InChI is InChI=1S/C10H18N4O/c1-2-4-10-12-6-8-14(10)7-3-5-9(11)13-15/h6,8,15H,2-5,7H2,1H3,(H2,11,13). The number of nitrogens with two attached hydrogens (primary N) is 1. The minimum Gasteiger partial charge on any atom is -0.409 e. The Balaban J connectivity index is 2.39. The lowest BCUT2D eigenvalue weighted by Crippen LogP contribution is -2.13. The third-order valence-electron chi connectivity index (χ3n) is 2.24. The van der Waals surface area contributed by atoms with Crippen molar-refractivity contribution in [1.29, 1.82) is 0 Å². The van der Waals surface area contributed by atoms with E-state index in [1.165, 1.54) is 0 Å². The number of oxime groups is 1. The van der Waals surface area contributed by atoms with Crippen LogP contribution >= 0.6 is 0 Å². The van der Waals surface area contributed by atoms with Crippen LogP contribution in [0.4, 0.5) is 0 Å². The fraction of sp³-hybridized carbons (Fsp3) is 0.600. The molecule has 84 valence electrons. The normalized spacial score (nSPS) is 11.9. The Morgan fingerprint density at radius 1 is 1.67 bits per heavy atom. The van der Waals surface area contributed by atoms with E-state index in [0.29, 0.717) is 6.42 Å². The smallest absolute Gasteiger partial charge is 0.139 e. The van der Waals surface area contributed by atoms with E-state index in [4.69, 9.17) is 10.9 Å². The van der Waals surface area contributed by atoms with Crippen molar-refractivity contribution < 1.29 is 5.21 Å². The third kappa shape index (κ3) is 3.61. The van der Waals surface area contributed by atoms with Gasteiger partial charge in [-0.2, -0.15) is 0 Å². The molecule has 0 aliphatic rings. The van der Waals surface area contributed by atoms with Gasteiger partial charge in [-0.3, -0.25) is 0 Å². The first-order valence-electron chi connectivity index (χ1n) is 5.24. The van der Waals surface area contributed by atoms with Crippen LogP contribution in [0.25, 0.3) is 0 Å². The van der Waals surface area contributed by atoms with Crippen LogP contribution in [0.5, 0.6) is 0 Å². The molecule has 15 heavy (non-hydrogen) atoms. The molecule has 0 unspecified atom stereocenters. The van der Waals surface area contributed by atoms with Crippen molar-refractivity contribution in [3.8, 4) is 0 Å². The molecule has 0 saturated carbocycles. The van der Waals surface area contributed by atoms with Gasteiger partial charge in [0.1, 0.15) is 11.7 Å². The van der Waals surface area contributed by atoms with Crippen molar-refractivity contribution in [2.24, 2.45) is 10.9 Å². The Bertz CT molecular complexity index is 319. The van der Waals surface area contributed by atoms with Crippen LogP contribution in [0.1, 0.15) is 32.0 Å². The Morgan fingerprint density at radius 2 is 2.47 bits per heavy atom. The Labute approximate surface area is 89.6 Å². The number of amidine groups is 1. The summed E-state index contributed by atoms with van der Waals surface area (Å²) in [6.07, 6.45) is 7.35. The van der Waals surface area contributed by atoms with E-state index >= 15 is 0 Å². The lowest BCUT2D eigenvalue weighted by atomic mass is 10.3. The van der Waals surface area contributed by atoms with Crippen LogP contribution in [-0.4, -0.2) is 20.6 Å². The summed E-state index contributed by atoms with van der Waals surface area (Å²) in [4.78, 5) is 4.28. The average Bonchev–Trinajstić information content (AvgIpc) is 2.66. The summed E-state index contributed by atoms with van der Waals surface area (Å²) in [5, 5.41) is 11.3. The lowest BCUT2D eigenvalue weighted by Gasteiger charge is -2.06. The molecule has 5 heteroatoms. The van der Waals surface area contributed by atoms with E-state index in [1.807, 2.05) is 12.4 Å². The van der Waals surface area contributed by atoms with Gasteiger partial charge in [-0.25, -0.2) is 4.98 Å². The first-order valence-corrected chi connectivity index (χ1v) is 5.24. The summed E-state index contributed by atoms with van der Waals surface area (Å²) < 4.78 is 2.12. The highest BCUT2D eigenvalue weighted by Gasteiger charge is 2.01. The average molecular weight is 210 g/mol. The van der Waals surface area contributed by atoms with Crippen LogP contribution in [0.2, 0.25) is 0 Å². The largest absolute Gasteiger partial charge is 0.409 e. The molecule has 0 aliphatic carbocycles. The molecule has 5 nitrogen and oxygen atoms in total. The van der Waals surface area contributed by atoms with E-state index in [1.54, 1.807) is 0 Å². The summed E-state index contributed by atoms with van der Waals surface area (Å²) in [5.74, 6) is 1.39. The van der Waals surface area contributed by atoms with E-state index < -0.39 is 0 Å². The van der Waals surface area contributed by atoms with Crippen molar-refractivity contribution in [3.63, 3.8) is 0 Å². The number of aromatic nitrogens is 2. The van der Waals surface area contributed by atoms with Gasteiger partial charge >= 0.3 is 0 Å². The maximum absolute atomic E-state index is 8.37. The second-order valence-electron chi connectivity index (χ2n) is 3.48. The fourth-order valence-corrected chi connectivity index (χ4v) is 1.48. The van der Waals surface area contributed by atoms with Gasteiger partial charge in [-0.05, 0) is 12.8 Å². The van der Waals surface area contributed by atoms with Crippen molar-refractivity contribution >= 4 is 5.84 Å². The number of aryl methyl sites for hydroxylation is 2. The first-order chi connectivity index (χ1) is 7.27. The van der Waals surface area contributed by atoms with Crippen LogP contribution in [-0.2, 0) is 13.0 Å². The van der Waals surface area contributed by atoms with E-state index in [0.717, 1.165) is 31.6 Å². The van der Waals surface area contributed by atoms with E-state index in [9.17, 15) is 0 Å². The molecule has 1 aromatic heterocycles. The summed E-state index contributed by atoms with van der Waals surface area (Å²) >= 11 is 0. The maximum atomic E-state index is 8.37. The molecule has 0 fully saturated rings. The highest BCUT2D eigenvalue weighted by Crippen LogP contribution is 2.03. The van der Waals surface area contributed by atoms with Gasteiger partial charge in [-0.15, -0.1) is 0 Å². The molecular formula is C10H18N4O. The molecule has 0 atom stereocenters. The molecule has 0 aromatic carbocycles. The Morgan fingerprint density at radius 3 is 3.13 bits per heavy atom. The fourth-order valence-electron chi connectivity index (χ4n) is 1.48. The Kier molecular flexibility index (Phi) is 4.66. The van der Waals surface area contributed by atoms with Gasteiger partial charge in [0.05, 0.1) is 0 Å². The van der Waals surface area contributed by atoms with Gasteiger partial charge in [-0.1, -0.05) is 12.1 Å². The van der Waals surface area contributed by atoms with Gasteiger partial charge < -0.3 is 15.5 Å². The molecule has 0 bridgehead atoms. The highest BCUT2D eigenvalue weighted by atomic mass is 16.4. The van der Waals surface area contributed by atoms with Crippen molar-refractivity contribution in [3.05, 3.63) is 18.2 Å². The number of rotatable bonds is 6. The molecule has 0 aliphatic heterocycles. The predicted molar refractivity (Wildman–Crippen MR) is 58.9 cm³/mol. The summed E-state index contributed by atoms with van der Waals surface area (Å²) in [6.45, 7) is 3.00. The second kappa shape index (κ2) is 6.06. The quantitative estimate of drug-likeness (QED) is 0.322. The summed E-state index contributed by atoms with van der Waals surface area (Å²) in [6, 6.07) is 0. The molecule has 0 radical (unpaired) electrons. The number of hydrogen-bond donors (Lipinski definition) is 2. The number of nitrogens with zero attached hydrogens (tertiary/aromatic N) is 3. The zero-order chi connectivity index (χ0) is 11.1. The van der Waals surface area contributed by atoms with Crippen LogP contribution in [0, 0.1) is 0 Å². The lowest BCUT2D eigenvalue weighted by molar-refractivity contribution is 0.316. The number of imidazole rings is 1. The highest BCUT2D eigenvalue weighted by molar-refractivity contribution is 5.79. The minimum atomic E-state index is 0.284. The van der Waals surface area contributed by atoms with E-state index in [2.05, 4.69) is 21.6 Å². The van der Waals surface area contributed by atoms with Crippen molar-refractivity contribution in [2.75, 3.05) is 0 Å². The Hall–Kier alpha value is -1.52. The second-order valence-corrected chi connectivity index (χ2v) is 3.48. The zero-order valence-electron chi connectivity index (χ0n) is 9.06. The molecule has 0 saturated heterocycles. The van der Waals surface area contributed by atoms with Crippen LogP contribution < -0.4 is 5.73 Å². The molecular weight excluding hydrogens is 192 g/mol. The van der Waals surface area contributed by atoms with Gasteiger partial charge in [0.2, 0.25) is 0 Å². The SMILES string of the molecule is CCCc1nccn1CCCC(N)=NO. The van der Waals surface area contributed by atoms with Crippen molar-refractivity contribution in [2.45, 2.75) is 39.2 Å². The molecule has 1 rings (SSSR count). The van der Waals surface area contributed by atoms with Crippen LogP contribution in [0.15, 0.2) is 17.5 Å². The van der Waals surface area contributed by atoms with E-state index in [-0.39, 0.29) is 5.84 Å². The van der Waals surface area contributed by atoms with Gasteiger partial charge in [0, 0.05) is 31.8 Å². The molecule has 1 heterocycles. The van der Waals surface area contributed by atoms with Gasteiger partial charge in [0.25, 0.3) is 0 Å². The topological polar surface area (TPSA) is 76.4 Å².